The lowest BCUT2D eigenvalue weighted by Gasteiger charge is -2.40. The molecule has 3 rings (SSSR count). The summed E-state index contributed by atoms with van der Waals surface area (Å²) in [5.41, 5.74) is 1.81. The molecule has 144 valence electrons. The Morgan fingerprint density at radius 1 is 1.44 bits per heavy atom. The molecule has 1 aliphatic heterocycles. The molecule has 0 saturated heterocycles. The Balaban J connectivity index is 1.95. The van der Waals surface area contributed by atoms with Crippen LogP contribution in [0.2, 0.25) is 5.02 Å². The third kappa shape index (κ3) is 3.96. The van der Waals surface area contributed by atoms with E-state index in [0.29, 0.717) is 29.2 Å². The van der Waals surface area contributed by atoms with Crippen molar-refractivity contribution in [2.45, 2.75) is 39.8 Å². The van der Waals surface area contributed by atoms with Crippen molar-refractivity contribution in [1.82, 2.24) is 20.0 Å². The van der Waals surface area contributed by atoms with Gasteiger partial charge in [0.05, 0.1) is 22.3 Å². The highest BCUT2D eigenvalue weighted by atomic mass is 35.5. The molecular weight excluding hydrogens is 372 g/mol. The quantitative estimate of drug-likeness (QED) is 0.822. The summed E-state index contributed by atoms with van der Waals surface area (Å²) in [6.45, 7) is 6.06. The number of halogens is 1. The first-order valence-corrected chi connectivity index (χ1v) is 8.88. The summed E-state index contributed by atoms with van der Waals surface area (Å²) < 4.78 is 5.08. The lowest BCUT2D eigenvalue weighted by molar-refractivity contribution is 0.1000. The van der Waals surface area contributed by atoms with Gasteiger partial charge in [0.15, 0.2) is 5.82 Å². The summed E-state index contributed by atoms with van der Waals surface area (Å²) in [4.78, 5) is 21.5. The summed E-state index contributed by atoms with van der Waals surface area (Å²) in [6, 6.07) is 1.40. The van der Waals surface area contributed by atoms with Crippen LogP contribution in [0.15, 0.2) is 22.9 Å². The molecule has 8 nitrogen and oxygen atoms in total. The second-order valence-corrected chi connectivity index (χ2v) is 7.86. The van der Waals surface area contributed by atoms with E-state index in [0.717, 1.165) is 5.57 Å². The number of hydrogen-bond acceptors (Lipinski definition) is 6. The Hall–Kier alpha value is -2.45. The molecule has 1 atom stereocenters. The number of aliphatic hydroxyl groups is 1. The third-order valence-electron chi connectivity index (χ3n) is 4.45. The van der Waals surface area contributed by atoms with Gasteiger partial charge < -0.3 is 19.6 Å². The average molecular weight is 393 g/mol. The van der Waals surface area contributed by atoms with E-state index >= 15 is 0 Å². The van der Waals surface area contributed by atoms with Gasteiger partial charge in [-0.05, 0) is 23.5 Å². The highest BCUT2D eigenvalue weighted by Crippen LogP contribution is 2.36. The molecule has 2 N–H and O–H groups in total. The minimum absolute atomic E-state index is 0.182. The Morgan fingerprint density at radius 2 is 2.19 bits per heavy atom. The molecule has 27 heavy (non-hydrogen) atoms. The lowest BCUT2D eigenvalue weighted by Crippen LogP contribution is -2.48. The predicted molar refractivity (Wildman–Crippen MR) is 99.0 cm³/mol. The second-order valence-electron chi connectivity index (χ2n) is 7.46. The molecule has 0 spiro atoms. The van der Waals surface area contributed by atoms with E-state index in [4.69, 9.17) is 21.2 Å². The van der Waals surface area contributed by atoms with Crippen molar-refractivity contribution in [2.24, 2.45) is 5.41 Å². The van der Waals surface area contributed by atoms with Gasteiger partial charge in [0.1, 0.15) is 6.61 Å². The Bertz CT molecular complexity index is 888. The van der Waals surface area contributed by atoms with Crippen LogP contribution in [0.3, 0.4) is 0 Å². The normalized spacial score (nSPS) is 17.7. The summed E-state index contributed by atoms with van der Waals surface area (Å²) in [5, 5.41) is 22.6. The van der Waals surface area contributed by atoms with Crippen molar-refractivity contribution < 1.29 is 19.5 Å². The lowest BCUT2D eigenvalue weighted by atomic mass is 9.82. The summed E-state index contributed by atoms with van der Waals surface area (Å²) >= 11 is 6.44. The zero-order valence-electron chi connectivity index (χ0n) is 15.3. The largest absolute Gasteiger partial charge is 0.465 e. The van der Waals surface area contributed by atoms with Crippen LogP contribution in [-0.4, -0.2) is 48.9 Å². The molecule has 0 aliphatic carbocycles. The maximum atomic E-state index is 11.6. The molecule has 1 amide bonds. The van der Waals surface area contributed by atoms with Crippen molar-refractivity contribution in [2.75, 3.05) is 6.54 Å². The minimum Gasteiger partial charge on any atom is -0.465 e. The summed E-state index contributed by atoms with van der Waals surface area (Å²) in [5.74, 6) is 0.407. The average Bonchev–Trinajstić information content (AvgIpc) is 3.09. The number of amides is 1. The number of rotatable bonds is 3. The summed E-state index contributed by atoms with van der Waals surface area (Å²) in [7, 11) is 0. The number of hydrogen-bond donors (Lipinski definition) is 2. The Kier molecular flexibility index (Phi) is 5.21. The maximum absolute atomic E-state index is 11.6. The van der Waals surface area contributed by atoms with Gasteiger partial charge in [-0.2, -0.15) is 4.98 Å². The number of nitrogens with zero attached hydrogens (tertiary/aromatic N) is 4. The van der Waals surface area contributed by atoms with Gasteiger partial charge in [0, 0.05) is 12.7 Å². The molecule has 1 unspecified atom stereocenters. The van der Waals surface area contributed by atoms with Crippen molar-refractivity contribution in [3.8, 4) is 11.5 Å². The molecule has 1 aliphatic rings. The number of carboxylic acid groups (broad SMARTS) is 1. The molecular formula is C18H21ClN4O4. The number of aliphatic hydroxyl groups excluding tert-OH is 1. The molecule has 2 aromatic rings. The number of carbonyl (C=O) groups is 1. The van der Waals surface area contributed by atoms with Crippen LogP contribution >= 0.6 is 11.6 Å². The summed E-state index contributed by atoms with van der Waals surface area (Å²) in [6.07, 6.45) is 3.10. The molecule has 0 bridgehead atoms. The maximum Gasteiger partial charge on any atom is 0.407 e. The van der Waals surface area contributed by atoms with Gasteiger partial charge in [-0.3, -0.25) is 4.98 Å². The third-order valence-corrected chi connectivity index (χ3v) is 4.74. The van der Waals surface area contributed by atoms with Crippen LogP contribution in [0.25, 0.3) is 17.0 Å². The standard InChI is InChI=1S/C18H21ClN4O4/c1-18(2,3)13-7-10(4-5-23(13)17(25)26)15-12(19)6-11(8-20-15)16-21-14(9-24)22-27-16/h6-8,13,24H,4-5,9H2,1-3H3,(H,25,26). The topological polar surface area (TPSA) is 113 Å². The van der Waals surface area contributed by atoms with Gasteiger partial charge in [-0.25, -0.2) is 4.79 Å². The fourth-order valence-electron chi connectivity index (χ4n) is 3.10. The number of aromatic nitrogens is 3. The van der Waals surface area contributed by atoms with Crippen molar-refractivity contribution in [3.05, 3.63) is 34.9 Å². The highest BCUT2D eigenvalue weighted by molar-refractivity contribution is 6.32. The smallest absolute Gasteiger partial charge is 0.407 e. The molecule has 0 fully saturated rings. The van der Waals surface area contributed by atoms with E-state index in [1.54, 1.807) is 12.3 Å². The van der Waals surface area contributed by atoms with Crippen LogP contribution in [0.4, 0.5) is 4.79 Å². The first kappa shape index (κ1) is 19.3. The van der Waals surface area contributed by atoms with Crippen LogP contribution in [-0.2, 0) is 6.61 Å². The molecule has 0 aromatic carbocycles. The Morgan fingerprint density at radius 3 is 2.74 bits per heavy atom. The molecule has 9 heteroatoms. The molecule has 2 aromatic heterocycles. The van der Waals surface area contributed by atoms with E-state index in [9.17, 15) is 9.90 Å². The monoisotopic (exact) mass is 392 g/mol. The van der Waals surface area contributed by atoms with E-state index in [1.807, 2.05) is 26.8 Å². The molecule has 3 heterocycles. The van der Waals surface area contributed by atoms with Crippen LogP contribution in [0.5, 0.6) is 0 Å². The van der Waals surface area contributed by atoms with E-state index in [-0.39, 0.29) is 29.8 Å². The molecule has 0 radical (unpaired) electrons. The zero-order valence-corrected chi connectivity index (χ0v) is 16.1. The second kappa shape index (κ2) is 7.28. The van der Waals surface area contributed by atoms with Crippen molar-refractivity contribution >= 4 is 23.3 Å². The van der Waals surface area contributed by atoms with Crippen LogP contribution in [0.1, 0.15) is 38.7 Å². The van der Waals surface area contributed by atoms with E-state index in [2.05, 4.69) is 15.1 Å². The van der Waals surface area contributed by atoms with E-state index < -0.39 is 6.09 Å². The van der Waals surface area contributed by atoms with Gasteiger partial charge in [0.25, 0.3) is 5.89 Å². The van der Waals surface area contributed by atoms with E-state index in [1.165, 1.54) is 4.90 Å². The SMILES string of the molecule is CC(C)(C)C1C=C(c2ncc(-c3nc(CO)no3)cc2Cl)CCN1C(=O)O. The zero-order chi connectivity index (χ0) is 19.8. The van der Waals surface area contributed by atoms with Gasteiger partial charge >= 0.3 is 6.09 Å². The van der Waals surface area contributed by atoms with Gasteiger partial charge in [-0.15, -0.1) is 0 Å². The Labute approximate surface area is 161 Å². The van der Waals surface area contributed by atoms with Crippen molar-refractivity contribution in [3.63, 3.8) is 0 Å². The molecule has 0 saturated carbocycles. The van der Waals surface area contributed by atoms with Gasteiger partial charge in [0.2, 0.25) is 0 Å². The fraction of sp³-hybridized carbons (Fsp3) is 0.444. The minimum atomic E-state index is -0.935. The van der Waals surface area contributed by atoms with Gasteiger partial charge in [-0.1, -0.05) is 43.6 Å². The van der Waals surface area contributed by atoms with Crippen molar-refractivity contribution in [1.29, 1.82) is 0 Å². The fourth-order valence-corrected chi connectivity index (χ4v) is 3.39. The first-order valence-electron chi connectivity index (χ1n) is 8.50. The van der Waals surface area contributed by atoms with Crippen LogP contribution in [0, 0.1) is 5.41 Å². The number of pyridine rings is 1. The first-order chi connectivity index (χ1) is 12.7. The van der Waals surface area contributed by atoms with Crippen LogP contribution < -0.4 is 0 Å². The predicted octanol–water partition coefficient (Wildman–Crippen LogP) is 3.46. The highest BCUT2D eigenvalue weighted by Gasteiger charge is 2.35.